The zero-order valence-electron chi connectivity index (χ0n) is 18.5. The van der Waals surface area contributed by atoms with Crippen LogP contribution < -0.4 is 5.32 Å². The maximum Gasteiger partial charge on any atom is 0.246 e. The molecule has 1 aliphatic carbocycles. The number of hydrogen-bond donors (Lipinski definition) is 1. The smallest absolute Gasteiger partial charge is 0.246 e. The molecule has 1 saturated carbocycles. The monoisotopic (exact) mass is 429 g/mol. The third-order valence-corrected chi connectivity index (χ3v) is 6.33. The summed E-state index contributed by atoms with van der Waals surface area (Å²) in [7, 11) is 0. The van der Waals surface area contributed by atoms with E-state index in [-0.39, 0.29) is 17.7 Å². The first-order valence-corrected chi connectivity index (χ1v) is 11.7. The number of amides is 2. The number of pyridine rings is 1. The highest BCUT2D eigenvalue weighted by molar-refractivity contribution is 5.93. The molecule has 5 heteroatoms. The number of anilines is 1. The molecule has 2 amide bonds. The Bertz CT molecular complexity index is 974. The van der Waals surface area contributed by atoms with Crippen molar-refractivity contribution in [1.82, 2.24) is 9.88 Å². The van der Waals surface area contributed by atoms with Crippen LogP contribution in [0, 0.1) is 5.92 Å². The van der Waals surface area contributed by atoms with Gasteiger partial charge in [0, 0.05) is 31.3 Å². The highest BCUT2D eigenvalue weighted by atomic mass is 16.2. The molecule has 1 aromatic carbocycles. The van der Waals surface area contributed by atoms with Gasteiger partial charge in [-0.1, -0.05) is 55.7 Å². The van der Waals surface area contributed by atoms with E-state index < -0.39 is 0 Å². The predicted octanol–water partition coefficient (Wildman–Crippen LogP) is 5.32. The van der Waals surface area contributed by atoms with Gasteiger partial charge in [0.2, 0.25) is 11.8 Å². The zero-order chi connectivity index (χ0) is 22.2. The average Bonchev–Trinajstić information content (AvgIpc) is 3.11. The van der Waals surface area contributed by atoms with Gasteiger partial charge in [0.1, 0.15) is 5.82 Å². The van der Waals surface area contributed by atoms with Gasteiger partial charge in [0.05, 0.1) is 0 Å². The Morgan fingerprint density at radius 2 is 1.81 bits per heavy atom. The van der Waals surface area contributed by atoms with Crippen LogP contribution >= 0.6 is 0 Å². The molecule has 0 spiro atoms. The van der Waals surface area contributed by atoms with Crippen molar-refractivity contribution in [1.29, 1.82) is 0 Å². The van der Waals surface area contributed by atoms with E-state index in [4.69, 9.17) is 0 Å². The highest BCUT2D eigenvalue weighted by Gasteiger charge is 2.21. The molecule has 1 aromatic heterocycles. The minimum Gasteiger partial charge on any atom is -0.339 e. The SMILES string of the molecule is O=C(Nc1ccc(C=CC(=O)N2CCC=C(c3ccccc3)CC2)cn1)C1CCCCC1. The molecule has 1 fully saturated rings. The van der Waals surface area contributed by atoms with Crippen molar-refractivity contribution < 1.29 is 9.59 Å². The largest absolute Gasteiger partial charge is 0.339 e. The second-order valence-corrected chi connectivity index (χ2v) is 8.59. The standard InChI is InChI=1S/C27H31N3O2/c31-26(30-18-7-12-23(17-19-30)22-8-3-1-4-9-22)16-14-21-13-15-25(28-20-21)29-27(32)24-10-5-2-6-11-24/h1,3-4,8-9,12-16,20,24H,2,5-7,10-11,17-19H2,(H,28,29,32). The van der Waals surface area contributed by atoms with E-state index in [9.17, 15) is 9.59 Å². The van der Waals surface area contributed by atoms with Gasteiger partial charge in [0.25, 0.3) is 0 Å². The van der Waals surface area contributed by atoms with Crippen molar-refractivity contribution in [3.63, 3.8) is 0 Å². The van der Waals surface area contributed by atoms with Crippen LogP contribution in [0.5, 0.6) is 0 Å². The molecule has 2 aromatic rings. The summed E-state index contributed by atoms with van der Waals surface area (Å²) in [6, 6.07) is 14.0. The predicted molar refractivity (Wildman–Crippen MR) is 129 cm³/mol. The molecule has 2 aliphatic rings. The van der Waals surface area contributed by atoms with Crippen LogP contribution in [0.15, 0.2) is 60.8 Å². The topological polar surface area (TPSA) is 62.3 Å². The van der Waals surface area contributed by atoms with Gasteiger partial charge >= 0.3 is 0 Å². The fourth-order valence-electron chi connectivity index (χ4n) is 4.44. The van der Waals surface area contributed by atoms with Crippen molar-refractivity contribution in [3.8, 4) is 0 Å². The summed E-state index contributed by atoms with van der Waals surface area (Å²) in [4.78, 5) is 31.3. The van der Waals surface area contributed by atoms with Gasteiger partial charge in [0.15, 0.2) is 0 Å². The van der Waals surface area contributed by atoms with Gasteiger partial charge in [-0.05, 0) is 60.6 Å². The number of carbonyl (C=O) groups excluding carboxylic acids is 2. The first-order chi connectivity index (χ1) is 15.7. The van der Waals surface area contributed by atoms with Crippen molar-refractivity contribution in [3.05, 3.63) is 71.9 Å². The van der Waals surface area contributed by atoms with E-state index >= 15 is 0 Å². The number of nitrogens with zero attached hydrogens (tertiary/aromatic N) is 2. The molecular formula is C27H31N3O2. The Kier molecular flexibility index (Phi) is 7.49. The van der Waals surface area contributed by atoms with E-state index in [0.29, 0.717) is 12.4 Å². The molecule has 5 nitrogen and oxygen atoms in total. The Hall–Kier alpha value is -3.21. The zero-order valence-corrected chi connectivity index (χ0v) is 18.5. The molecule has 32 heavy (non-hydrogen) atoms. The maximum absolute atomic E-state index is 12.7. The van der Waals surface area contributed by atoms with Crippen LogP contribution in [0.25, 0.3) is 11.6 Å². The van der Waals surface area contributed by atoms with E-state index in [1.54, 1.807) is 24.4 Å². The molecule has 0 bridgehead atoms. The van der Waals surface area contributed by atoms with E-state index in [1.807, 2.05) is 29.2 Å². The van der Waals surface area contributed by atoms with Crippen molar-refractivity contribution in [2.24, 2.45) is 5.92 Å². The fraction of sp³-hybridized carbons (Fsp3) is 0.370. The van der Waals surface area contributed by atoms with Crippen LogP contribution in [0.3, 0.4) is 0 Å². The molecule has 2 heterocycles. The molecule has 166 valence electrons. The van der Waals surface area contributed by atoms with Gasteiger partial charge in [-0.25, -0.2) is 4.98 Å². The lowest BCUT2D eigenvalue weighted by Crippen LogP contribution is -2.30. The van der Waals surface area contributed by atoms with Gasteiger partial charge < -0.3 is 10.2 Å². The summed E-state index contributed by atoms with van der Waals surface area (Å²) in [5.41, 5.74) is 3.38. The lowest BCUT2D eigenvalue weighted by Gasteiger charge is -2.20. The second-order valence-electron chi connectivity index (χ2n) is 8.59. The quantitative estimate of drug-likeness (QED) is 0.655. The molecule has 4 rings (SSSR count). The molecule has 0 atom stereocenters. The summed E-state index contributed by atoms with van der Waals surface area (Å²) in [5, 5.41) is 2.92. The normalized spacial score (nSPS) is 17.6. The molecular weight excluding hydrogens is 398 g/mol. The number of rotatable bonds is 5. The number of carbonyl (C=O) groups is 2. The number of benzene rings is 1. The van der Waals surface area contributed by atoms with E-state index in [2.05, 4.69) is 28.5 Å². The van der Waals surface area contributed by atoms with Crippen molar-refractivity contribution in [2.75, 3.05) is 18.4 Å². The summed E-state index contributed by atoms with van der Waals surface area (Å²) >= 11 is 0. The first-order valence-electron chi connectivity index (χ1n) is 11.7. The Labute approximate surface area is 190 Å². The Balaban J connectivity index is 1.28. The number of aromatic nitrogens is 1. The third kappa shape index (κ3) is 5.94. The summed E-state index contributed by atoms with van der Waals surface area (Å²) in [6.45, 7) is 1.44. The second kappa shape index (κ2) is 10.9. The summed E-state index contributed by atoms with van der Waals surface area (Å²) in [6.07, 6.45) is 14.5. The molecule has 1 aliphatic heterocycles. The van der Waals surface area contributed by atoms with Crippen molar-refractivity contribution in [2.45, 2.75) is 44.9 Å². The van der Waals surface area contributed by atoms with Crippen LogP contribution in [0.4, 0.5) is 5.82 Å². The van der Waals surface area contributed by atoms with E-state index in [0.717, 1.165) is 50.6 Å². The number of nitrogens with one attached hydrogen (secondary N) is 1. The molecule has 1 N–H and O–H groups in total. The first kappa shape index (κ1) is 22.0. The molecule has 0 unspecified atom stereocenters. The van der Waals surface area contributed by atoms with E-state index in [1.165, 1.54) is 17.6 Å². The van der Waals surface area contributed by atoms with Crippen LogP contribution in [-0.4, -0.2) is 34.8 Å². The minimum atomic E-state index is 0.0161. The Morgan fingerprint density at radius 3 is 2.56 bits per heavy atom. The summed E-state index contributed by atoms with van der Waals surface area (Å²) < 4.78 is 0. The Morgan fingerprint density at radius 1 is 1.00 bits per heavy atom. The minimum absolute atomic E-state index is 0.0161. The van der Waals surface area contributed by atoms with Crippen molar-refractivity contribution >= 4 is 29.3 Å². The van der Waals surface area contributed by atoms with Gasteiger partial charge in [-0.15, -0.1) is 0 Å². The lowest BCUT2D eigenvalue weighted by molar-refractivity contribution is -0.125. The summed E-state index contributed by atoms with van der Waals surface area (Å²) in [5.74, 6) is 0.757. The fourth-order valence-corrected chi connectivity index (χ4v) is 4.44. The van der Waals surface area contributed by atoms with Gasteiger partial charge in [-0.2, -0.15) is 0 Å². The number of hydrogen-bond acceptors (Lipinski definition) is 3. The maximum atomic E-state index is 12.7. The molecule has 0 saturated heterocycles. The van der Waals surface area contributed by atoms with Crippen LogP contribution in [0.2, 0.25) is 0 Å². The lowest BCUT2D eigenvalue weighted by atomic mass is 9.89. The molecule has 0 radical (unpaired) electrons. The van der Waals surface area contributed by atoms with Gasteiger partial charge in [-0.3, -0.25) is 9.59 Å². The highest BCUT2D eigenvalue weighted by Crippen LogP contribution is 2.25. The van der Waals surface area contributed by atoms with Crippen LogP contribution in [0.1, 0.15) is 56.1 Å². The third-order valence-electron chi connectivity index (χ3n) is 6.33. The average molecular weight is 430 g/mol. The van der Waals surface area contributed by atoms with Crippen LogP contribution in [-0.2, 0) is 9.59 Å².